The predicted octanol–water partition coefficient (Wildman–Crippen LogP) is 1.95. The maximum Gasteiger partial charge on any atom is 0.409 e. The summed E-state index contributed by atoms with van der Waals surface area (Å²) in [5.74, 6) is -9.28. The van der Waals surface area contributed by atoms with E-state index >= 15 is 0 Å². The molecule has 0 aliphatic heterocycles. The Morgan fingerprint density at radius 2 is 1.37 bits per heavy atom. The molecule has 19 heavy (non-hydrogen) atoms. The molecule has 0 aromatic carbocycles. The highest BCUT2D eigenvalue weighted by atomic mass is 19.4. The third kappa shape index (κ3) is 4.95. The fourth-order valence-electron chi connectivity index (χ4n) is 1.13. The Bertz CT molecular complexity index is 337. The van der Waals surface area contributed by atoms with Gasteiger partial charge in [-0.3, -0.25) is 9.59 Å². The fraction of sp³-hybridized carbons (Fsp3) is 0.778. The van der Waals surface area contributed by atoms with Gasteiger partial charge in [-0.2, -0.15) is 26.3 Å². The zero-order valence-corrected chi connectivity index (χ0v) is 9.76. The third-order valence-electron chi connectivity index (χ3n) is 2.43. The summed E-state index contributed by atoms with van der Waals surface area (Å²) in [6.07, 6.45) is -11.6. The van der Waals surface area contributed by atoms with E-state index in [9.17, 15) is 35.9 Å². The maximum atomic E-state index is 12.2. The molecule has 0 spiro atoms. The van der Waals surface area contributed by atoms with Crippen LogP contribution in [0.15, 0.2) is 0 Å². The van der Waals surface area contributed by atoms with Crippen LogP contribution in [0.1, 0.15) is 13.8 Å². The Hall–Kier alpha value is -1.48. The summed E-state index contributed by atoms with van der Waals surface area (Å²) in [5, 5.41) is 9.94. The highest BCUT2D eigenvalue weighted by Crippen LogP contribution is 2.39. The van der Waals surface area contributed by atoms with Crippen LogP contribution in [0.4, 0.5) is 26.3 Å². The van der Waals surface area contributed by atoms with E-state index in [1.807, 2.05) is 0 Å². The number of alkyl halides is 6. The number of hydrogen-bond donors (Lipinski definition) is 2. The first-order valence-corrected chi connectivity index (χ1v) is 4.95. The van der Waals surface area contributed by atoms with Crippen molar-refractivity contribution in [2.45, 2.75) is 32.2 Å². The van der Waals surface area contributed by atoms with Gasteiger partial charge in [0, 0.05) is 6.04 Å². The number of carboxylic acid groups (broad SMARTS) is 1. The Morgan fingerprint density at radius 1 is 1.00 bits per heavy atom. The van der Waals surface area contributed by atoms with Gasteiger partial charge in [-0.15, -0.1) is 0 Å². The van der Waals surface area contributed by atoms with E-state index in [4.69, 9.17) is 5.11 Å². The van der Waals surface area contributed by atoms with Crippen molar-refractivity contribution in [1.29, 1.82) is 0 Å². The number of nitrogens with one attached hydrogen (secondary N) is 1. The van der Waals surface area contributed by atoms with Crippen molar-refractivity contribution >= 4 is 11.9 Å². The summed E-state index contributed by atoms with van der Waals surface area (Å²) in [5.41, 5.74) is 0. The van der Waals surface area contributed by atoms with Gasteiger partial charge in [-0.05, 0) is 13.8 Å². The first kappa shape index (κ1) is 17.5. The fourth-order valence-corrected chi connectivity index (χ4v) is 1.13. The van der Waals surface area contributed by atoms with Gasteiger partial charge in [0.1, 0.15) is 0 Å². The van der Waals surface area contributed by atoms with Gasteiger partial charge in [0.25, 0.3) is 0 Å². The van der Waals surface area contributed by atoms with Crippen LogP contribution in [-0.4, -0.2) is 35.4 Å². The molecule has 0 heterocycles. The van der Waals surface area contributed by atoms with Crippen molar-refractivity contribution in [1.82, 2.24) is 5.32 Å². The quantitative estimate of drug-likeness (QED) is 0.779. The van der Waals surface area contributed by atoms with Crippen LogP contribution in [0.3, 0.4) is 0 Å². The highest BCUT2D eigenvalue weighted by Gasteiger charge is 2.61. The predicted molar refractivity (Wildman–Crippen MR) is 50.0 cm³/mol. The number of amides is 1. The first-order valence-electron chi connectivity index (χ1n) is 4.95. The smallest absolute Gasteiger partial charge is 0.409 e. The van der Waals surface area contributed by atoms with Gasteiger partial charge in [-0.25, -0.2) is 0 Å². The Labute approximate surface area is 103 Å². The second-order valence-electron chi connectivity index (χ2n) is 3.94. The lowest BCUT2D eigenvalue weighted by atomic mass is 10.0. The molecule has 2 unspecified atom stereocenters. The summed E-state index contributed by atoms with van der Waals surface area (Å²) in [4.78, 5) is 21.5. The summed E-state index contributed by atoms with van der Waals surface area (Å²) >= 11 is 0. The van der Waals surface area contributed by atoms with Gasteiger partial charge in [0.05, 0.1) is 5.92 Å². The summed E-state index contributed by atoms with van der Waals surface area (Å²) in [6, 6.07) is -1.38. The number of carbonyl (C=O) groups excluding carboxylic acids is 1. The molecule has 1 amide bonds. The van der Waals surface area contributed by atoms with E-state index in [-0.39, 0.29) is 0 Å². The highest BCUT2D eigenvalue weighted by molar-refractivity contribution is 5.81. The molecule has 0 aliphatic rings. The number of carboxylic acids is 1. The number of carbonyl (C=O) groups is 2. The minimum atomic E-state index is -5.80. The normalized spacial score (nSPS) is 16.1. The number of aliphatic carboxylic acids is 1. The van der Waals surface area contributed by atoms with E-state index in [1.165, 1.54) is 5.32 Å². The molecule has 0 radical (unpaired) electrons. The van der Waals surface area contributed by atoms with Gasteiger partial charge in [0.15, 0.2) is 0 Å². The summed E-state index contributed by atoms with van der Waals surface area (Å²) in [7, 11) is 0. The van der Waals surface area contributed by atoms with E-state index < -0.39 is 42.1 Å². The molecule has 0 saturated carbocycles. The van der Waals surface area contributed by atoms with Gasteiger partial charge < -0.3 is 10.4 Å². The minimum absolute atomic E-state index is 1.00. The van der Waals surface area contributed by atoms with Crippen molar-refractivity contribution in [3.05, 3.63) is 0 Å². The standard InChI is InChI=1S/C9H11F6NO3/c1-3(7(18)19)4(2)16-6(17)5(8(10,11)12)9(13,14)15/h3-5H,1-2H3,(H,16,17)(H,18,19). The minimum Gasteiger partial charge on any atom is -0.481 e. The van der Waals surface area contributed by atoms with Crippen LogP contribution >= 0.6 is 0 Å². The zero-order valence-electron chi connectivity index (χ0n) is 9.76. The van der Waals surface area contributed by atoms with Crippen LogP contribution in [0.2, 0.25) is 0 Å². The van der Waals surface area contributed by atoms with Crippen molar-refractivity contribution in [2.75, 3.05) is 0 Å². The SMILES string of the molecule is CC(NC(=O)C(C(F)(F)F)C(F)(F)F)C(C)C(=O)O. The molecule has 0 rings (SSSR count). The maximum absolute atomic E-state index is 12.2. The lowest BCUT2D eigenvalue weighted by molar-refractivity contribution is -0.274. The topological polar surface area (TPSA) is 66.4 Å². The van der Waals surface area contributed by atoms with Crippen molar-refractivity contribution in [3.8, 4) is 0 Å². The molecular formula is C9H11F6NO3. The molecule has 0 saturated heterocycles. The second-order valence-corrected chi connectivity index (χ2v) is 3.94. The van der Waals surface area contributed by atoms with Crippen LogP contribution in [-0.2, 0) is 9.59 Å². The lowest BCUT2D eigenvalue weighted by Gasteiger charge is -2.25. The average molecular weight is 295 g/mol. The average Bonchev–Trinajstić information content (AvgIpc) is 2.10. The van der Waals surface area contributed by atoms with Crippen molar-refractivity contribution < 1.29 is 41.0 Å². The summed E-state index contributed by atoms with van der Waals surface area (Å²) < 4.78 is 73.1. The Morgan fingerprint density at radius 3 is 1.63 bits per heavy atom. The molecule has 112 valence electrons. The van der Waals surface area contributed by atoms with Gasteiger partial charge in [0.2, 0.25) is 11.8 Å². The molecule has 10 heteroatoms. The van der Waals surface area contributed by atoms with Gasteiger partial charge >= 0.3 is 18.3 Å². The van der Waals surface area contributed by atoms with Crippen LogP contribution in [0.5, 0.6) is 0 Å². The van der Waals surface area contributed by atoms with E-state index in [0.717, 1.165) is 13.8 Å². The van der Waals surface area contributed by atoms with Crippen LogP contribution in [0.25, 0.3) is 0 Å². The molecule has 0 aromatic rings. The molecule has 2 atom stereocenters. The van der Waals surface area contributed by atoms with Gasteiger partial charge in [-0.1, -0.05) is 0 Å². The monoisotopic (exact) mass is 295 g/mol. The second kappa shape index (κ2) is 5.66. The van der Waals surface area contributed by atoms with Crippen molar-refractivity contribution in [2.24, 2.45) is 11.8 Å². The van der Waals surface area contributed by atoms with Crippen LogP contribution < -0.4 is 5.32 Å². The Balaban J connectivity index is 5.01. The van der Waals surface area contributed by atoms with E-state index in [1.54, 1.807) is 0 Å². The number of hydrogen-bond acceptors (Lipinski definition) is 2. The summed E-state index contributed by atoms with van der Waals surface area (Å²) in [6.45, 7) is 2.05. The molecule has 0 aromatic heterocycles. The molecule has 0 aliphatic carbocycles. The number of halogens is 6. The molecular weight excluding hydrogens is 284 g/mol. The molecule has 4 nitrogen and oxygen atoms in total. The zero-order chi connectivity index (χ0) is 15.6. The third-order valence-corrected chi connectivity index (χ3v) is 2.43. The first-order chi connectivity index (χ1) is 8.28. The lowest BCUT2D eigenvalue weighted by Crippen LogP contribution is -2.51. The van der Waals surface area contributed by atoms with Crippen LogP contribution in [0, 0.1) is 11.8 Å². The van der Waals surface area contributed by atoms with Crippen molar-refractivity contribution in [3.63, 3.8) is 0 Å². The largest absolute Gasteiger partial charge is 0.481 e. The number of rotatable bonds is 4. The molecule has 2 N–H and O–H groups in total. The molecule has 0 bridgehead atoms. The van der Waals surface area contributed by atoms with E-state index in [0.29, 0.717) is 0 Å². The Kier molecular flexibility index (Phi) is 5.22. The van der Waals surface area contributed by atoms with E-state index in [2.05, 4.69) is 0 Å². The molecule has 0 fully saturated rings.